The molecule has 1 aromatic heterocycles. The summed E-state index contributed by atoms with van der Waals surface area (Å²) < 4.78 is 44.2. The van der Waals surface area contributed by atoms with Crippen LogP contribution in [0, 0.1) is 17.5 Å². The predicted octanol–water partition coefficient (Wildman–Crippen LogP) is 2.85. The van der Waals surface area contributed by atoms with Crippen molar-refractivity contribution < 1.29 is 27.9 Å². The Balaban J connectivity index is 2.93. The fourth-order valence-electron chi connectivity index (χ4n) is 1.54. The molecule has 0 aliphatic carbocycles. The highest BCUT2D eigenvalue weighted by molar-refractivity contribution is 9.10. The van der Waals surface area contributed by atoms with Crippen molar-refractivity contribution >= 4 is 32.8 Å². The zero-order valence-electron chi connectivity index (χ0n) is 8.80. The number of carbonyl (C=O) groups excluding carboxylic acids is 1. The second-order valence-electron chi connectivity index (χ2n) is 3.35. The Morgan fingerprint density at radius 1 is 1.33 bits per heavy atom. The highest BCUT2D eigenvalue weighted by Gasteiger charge is 2.26. The van der Waals surface area contributed by atoms with E-state index in [1.165, 1.54) is 0 Å². The Labute approximate surface area is 107 Å². The molecule has 1 aromatic carbocycles. The van der Waals surface area contributed by atoms with Gasteiger partial charge in [-0.25, -0.2) is 18.0 Å². The molecule has 4 nitrogen and oxygen atoms in total. The van der Waals surface area contributed by atoms with Crippen molar-refractivity contribution in [3.8, 4) is 0 Å². The molecule has 0 unspecified atom stereocenters. The molecular weight excluding hydrogens is 319 g/mol. The smallest absolute Gasteiger partial charge is 0.358 e. The van der Waals surface area contributed by atoms with Gasteiger partial charge in [0.15, 0.2) is 17.3 Å². The molecule has 0 amide bonds. The Morgan fingerprint density at radius 3 is 2.50 bits per heavy atom. The van der Waals surface area contributed by atoms with Crippen molar-refractivity contribution in [2.75, 3.05) is 7.11 Å². The first-order valence-corrected chi connectivity index (χ1v) is 5.34. The van der Waals surface area contributed by atoms with E-state index in [4.69, 9.17) is 0 Å². The van der Waals surface area contributed by atoms with Crippen molar-refractivity contribution in [1.29, 1.82) is 0 Å². The van der Waals surface area contributed by atoms with Crippen molar-refractivity contribution in [3.05, 3.63) is 33.7 Å². The summed E-state index contributed by atoms with van der Waals surface area (Å²) in [4.78, 5) is 11.2. The number of hydrogen-bond donors (Lipinski definition) is 1. The van der Waals surface area contributed by atoms with Crippen LogP contribution >= 0.6 is 15.9 Å². The van der Waals surface area contributed by atoms with Crippen LogP contribution in [-0.2, 0) is 4.74 Å². The van der Waals surface area contributed by atoms with E-state index in [1.807, 2.05) is 0 Å². The maximum atomic E-state index is 13.7. The van der Waals surface area contributed by atoms with E-state index in [9.17, 15) is 23.2 Å². The first kappa shape index (κ1) is 12.7. The van der Waals surface area contributed by atoms with E-state index in [0.29, 0.717) is 0 Å². The van der Waals surface area contributed by atoms with Gasteiger partial charge < -0.3 is 9.94 Å². The molecule has 0 fully saturated rings. The maximum absolute atomic E-state index is 13.7. The highest BCUT2D eigenvalue weighted by atomic mass is 79.9. The minimum Gasteiger partial charge on any atom is -0.464 e. The number of halogens is 4. The quantitative estimate of drug-likeness (QED) is 0.380. The normalized spacial score (nSPS) is 10.9. The fourth-order valence-corrected chi connectivity index (χ4v) is 1.93. The van der Waals surface area contributed by atoms with Crippen molar-refractivity contribution in [2.24, 2.45) is 0 Å². The molecule has 0 saturated heterocycles. The zero-order chi connectivity index (χ0) is 13.6. The third-order valence-electron chi connectivity index (χ3n) is 2.39. The summed E-state index contributed by atoms with van der Waals surface area (Å²) in [5, 5.41) is 9.10. The Bertz CT molecular complexity index is 668. The van der Waals surface area contributed by atoms with Crippen LogP contribution in [0.25, 0.3) is 10.9 Å². The number of benzene rings is 1. The summed E-state index contributed by atoms with van der Waals surface area (Å²) in [6.45, 7) is 0. The predicted molar refractivity (Wildman–Crippen MR) is 58.0 cm³/mol. The van der Waals surface area contributed by atoms with E-state index in [0.717, 1.165) is 13.2 Å². The molecule has 0 aliphatic heterocycles. The average Bonchev–Trinajstić information content (AvgIpc) is 2.71. The monoisotopic (exact) mass is 323 g/mol. The Hall–Kier alpha value is -1.70. The molecule has 2 rings (SSSR count). The number of aromatic nitrogens is 1. The number of nitrogens with zero attached hydrogens (tertiary/aromatic N) is 1. The van der Waals surface area contributed by atoms with Gasteiger partial charge in [0, 0.05) is 5.39 Å². The summed E-state index contributed by atoms with van der Waals surface area (Å²) in [5.74, 6) is -5.10. The van der Waals surface area contributed by atoms with E-state index in [1.54, 1.807) is 0 Å². The lowest BCUT2D eigenvalue weighted by Gasteiger charge is -2.03. The van der Waals surface area contributed by atoms with Gasteiger partial charge >= 0.3 is 5.97 Å². The van der Waals surface area contributed by atoms with E-state index in [-0.39, 0.29) is 4.73 Å². The van der Waals surface area contributed by atoms with Gasteiger partial charge in [0.25, 0.3) is 0 Å². The summed E-state index contributed by atoms with van der Waals surface area (Å²) in [5.41, 5.74) is -1.28. The molecule has 0 radical (unpaired) electrons. The van der Waals surface area contributed by atoms with Gasteiger partial charge in [-0.1, -0.05) is 0 Å². The van der Waals surface area contributed by atoms with Gasteiger partial charge in [-0.05, 0) is 22.0 Å². The second-order valence-corrected chi connectivity index (χ2v) is 4.14. The topological polar surface area (TPSA) is 51.5 Å². The molecule has 2 aromatic rings. The summed E-state index contributed by atoms with van der Waals surface area (Å²) in [7, 11) is 1.03. The van der Waals surface area contributed by atoms with Crippen LogP contribution in [0.4, 0.5) is 13.2 Å². The van der Waals surface area contributed by atoms with Gasteiger partial charge in [-0.3, -0.25) is 0 Å². The lowest BCUT2D eigenvalue weighted by molar-refractivity contribution is 0.0553. The van der Waals surface area contributed by atoms with Crippen LogP contribution in [-0.4, -0.2) is 23.0 Å². The van der Waals surface area contributed by atoms with Gasteiger partial charge in [0.2, 0.25) is 0 Å². The Morgan fingerprint density at radius 2 is 1.94 bits per heavy atom. The SMILES string of the molecule is COC(=O)c1cc2c(F)c(Br)c(F)c(F)c2n1O. The zero-order valence-corrected chi connectivity index (χ0v) is 10.4. The summed E-state index contributed by atoms with van der Waals surface area (Å²) in [6.07, 6.45) is 0. The fraction of sp³-hybridized carbons (Fsp3) is 0.100. The number of methoxy groups -OCH3 is 1. The standard InChI is InChI=1S/C10H5BrF3NO3/c1-18-10(16)4-2-3-6(12)5(11)7(13)8(14)9(3)15(4)17/h2,17H,1H3. The van der Waals surface area contributed by atoms with Crippen LogP contribution in [0.15, 0.2) is 10.5 Å². The van der Waals surface area contributed by atoms with Crippen LogP contribution in [0.5, 0.6) is 0 Å². The van der Waals surface area contributed by atoms with Crippen LogP contribution in [0.1, 0.15) is 10.5 Å². The minimum atomic E-state index is -1.50. The molecule has 18 heavy (non-hydrogen) atoms. The van der Waals surface area contributed by atoms with Crippen LogP contribution in [0.3, 0.4) is 0 Å². The Kier molecular flexibility index (Phi) is 2.97. The molecule has 1 N–H and O–H groups in total. The molecule has 96 valence electrons. The van der Waals surface area contributed by atoms with E-state index >= 15 is 0 Å². The number of esters is 1. The maximum Gasteiger partial charge on any atom is 0.358 e. The molecular formula is C10H5BrF3NO3. The van der Waals surface area contributed by atoms with E-state index < -0.39 is 44.5 Å². The number of carbonyl (C=O) groups is 1. The van der Waals surface area contributed by atoms with Crippen molar-refractivity contribution in [1.82, 2.24) is 4.73 Å². The van der Waals surface area contributed by atoms with Gasteiger partial charge in [-0.2, -0.15) is 4.73 Å². The third kappa shape index (κ3) is 1.56. The molecule has 8 heteroatoms. The lowest BCUT2D eigenvalue weighted by Crippen LogP contribution is -2.08. The van der Waals surface area contributed by atoms with Gasteiger partial charge in [0.1, 0.15) is 11.3 Å². The number of ether oxygens (including phenoxy) is 1. The first-order chi connectivity index (χ1) is 8.40. The number of rotatable bonds is 1. The summed E-state index contributed by atoms with van der Waals surface area (Å²) in [6, 6.07) is 0.865. The first-order valence-electron chi connectivity index (χ1n) is 4.55. The molecule has 0 aliphatic rings. The molecule has 0 atom stereocenters. The van der Waals surface area contributed by atoms with Crippen molar-refractivity contribution in [3.63, 3.8) is 0 Å². The van der Waals surface area contributed by atoms with Gasteiger partial charge in [-0.15, -0.1) is 0 Å². The molecule has 1 heterocycles. The van der Waals surface area contributed by atoms with Crippen molar-refractivity contribution in [2.45, 2.75) is 0 Å². The number of fused-ring (bicyclic) bond motifs is 1. The molecule has 0 spiro atoms. The second kappa shape index (κ2) is 4.20. The van der Waals surface area contributed by atoms with Crippen LogP contribution in [0.2, 0.25) is 0 Å². The number of hydrogen-bond acceptors (Lipinski definition) is 3. The van der Waals surface area contributed by atoms with E-state index in [2.05, 4.69) is 20.7 Å². The minimum absolute atomic E-state index is 0.0507. The molecule has 0 bridgehead atoms. The average molecular weight is 324 g/mol. The lowest BCUT2D eigenvalue weighted by atomic mass is 10.2. The third-order valence-corrected chi connectivity index (χ3v) is 3.09. The summed E-state index contributed by atoms with van der Waals surface area (Å²) >= 11 is 2.54. The highest BCUT2D eigenvalue weighted by Crippen LogP contribution is 2.32. The molecule has 0 saturated carbocycles. The van der Waals surface area contributed by atoms with Gasteiger partial charge in [0.05, 0.1) is 11.6 Å². The largest absolute Gasteiger partial charge is 0.464 e. The van der Waals surface area contributed by atoms with Crippen LogP contribution < -0.4 is 0 Å².